The van der Waals surface area contributed by atoms with Gasteiger partial charge in [-0.2, -0.15) is 0 Å². The first kappa shape index (κ1) is 17.2. The Hall–Kier alpha value is -2.16. The zero-order valence-electron chi connectivity index (χ0n) is 13.3. The van der Waals surface area contributed by atoms with Gasteiger partial charge in [0.2, 0.25) is 6.29 Å². The lowest BCUT2D eigenvalue weighted by atomic mass is 9.97. The SMILES string of the molecule is CC(=O)OC[C@H]1OC2OC(C)=NC2C(OC(C)=O)[C@H]1OC(C)=O. The van der Waals surface area contributed by atoms with E-state index in [9.17, 15) is 14.4 Å². The Labute approximate surface area is 132 Å². The largest absolute Gasteiger partial charge is 0.463 e. The summed E-state index contributed by atoms with van der Waals surface area (Å²) in [7, 11) is 0. The van der Waals surface area contributed by atoms with E-state index in [4.69, 9.17) is 23.7 Å². The third-order valence-corrected chi connectivity index (χ3v) is 3.29. The van der Waals surface area contributed by atoms with E-state index in [-0.39, 0.29) is 6.61 Å². The summed E-state index contributed by atoms with van der Waals surface area (Å²) in [6, 6.07) is -0.656. The molecular formula is C14H19NO8. The number of ether oxygens (including phenoxy) is 5. The molecule has 5 atom stereocenters. The first-order valence-electron chi connectivity index (χ1n) is 7.12. The molecule has 2 aliphatic rings. The highest BCUT2D eigenvalue weighted by Crippen LogP contribution is 2.32. The smallest absolute Gasteiger partial charge is 0.303 e. The Kier molecular flexibility index (Phi) is 5.19. The molecule has 23 heavy (non-hydrogen) atoms. The Bertz CT molecular complexity index is 531. The minimum atomic E-state index is -0.963. The number of aliphatic imine (C=N–C) groups is 1. The molecule has 3 unspecified atom stereocenters. The molecule has 128 valence electrons. The topological polar surface area (TPSA) is 110 Å². The fourth-order valence-electron chi connectivity index (χ4n) is 2.53. The van der Waals surface area contributed by atoms with Gasteiger partial charge < -0.3 is 23.7 Å². The van der Waals surface area contributed by atoms with Crippen LogP contribution in [-0.2, 0) is 38.1 Å². The van der Waals surface area contributed by atoms with Gasteiger partial charge in [-0.1, -0.05) is 0 Å². The van der Waals surface area contributed by atoms with E-state index in [1.54, 1.807) is 6.92 Å². The summed E-state index contributed by atoms with van der Waals surface area (Å²) in [6.45, 7) is 5.17. The van der Waals surface area contributed by atoms with Crippen molar-refractivity contribution in [2.45, 2.75) is 58.3 Å². The Morgan fingerprint density at radius 3 is 2.22 bits per heavy atom. The van der Waals surface area contributed by atoms with Crippen LogP contribution in [0.4, 0.5) is 0 Å². The molecule has 0 aliphatic carbocycles. The Morgan fingerprint density at radius 2 is 1.65 bits per heavy atom. The van der Waals surface area contributed by atoms with Crippen LogP contribution in [0, 0.1) is 0 Å². The van der Waals surface area contributed by atoms with E-state index in [1.807, 2.05) is 0 Å². The quantitative estimate of drug-likeness (QED) is 0.522. The number of esters is 3. The third-order valence-electron chi connectivity index (χ3n) is 3.29. The van der Waals surface area contributed by atoms with Crippen LogP contribution in [0.25, 0.3) is 0 Å². The van der Waals surface area contributed by atoms with Crippen molar-refractivity contribution >= 4 is 23.8 Å². The van der Waals surface area contributed by atoms with Crippen LogP contribution in [0.5, 0.6) is 0 Å². The van der Waals surface area contributed by atoms with E-state index < -0.39 is 48.6 Å². The molecule has 1 saturated heterocycles. The molecule has 0 saturated carbocycles. The number of rotatable bonds is 4. The lowest BCUT2D eigenvalue weighted by Crippen LogP contribution is -2.60. The van der Waals surface area contributed by atoms with Crippen molar-refractivity contribution in [2.24, 2.45) is 4.99 Å². The second-order valence-electron chi connectivity index (χ2n) is 5.25. The lowest BCUT2D eigenvalue weighted by molar-refractivity contribution is -0.249. The second-order valence-corrected chi connectivity index (χ2v) is 5.25. The first-order chi connectivity index (χ1) is 10.8. The van der Waals surface area contributed by atoms with Crippen molar-refractivity contribution in [3.05, 3.63) is 0 Å². The van der Waals surface area contributed by atoms with Crippen molar-refractivity contribution in [1.82, 2.24) is 0 Å². The minimum absolute atomic E-state index is 0.170. The summed E-state index contributed by atoms with van der Waals surface area (Å²) in [5, 5.41) is 0. The molecule has 0 bridgehead atoms. The number of hydrogen-bond acceptors (Lipinski definition) is 9. The maximum atomic E-state index is 11.4. The Balaban J connectivity index is 2.26. The number of fused-ring (bicyclic) bond motifs is 1. The fraction of sp³-hybridized carbons (Fsp3) is 0.714. The van der Waals surface area contributed by atoms with Crippen LogP contribution in [0.15, 0.2) is 4.99 Å². The van der Waals surface area contributed by atoms with Gasteiger partial charge in [0.15, 0.2) is 24.1 Å². The zero-order valence-corrected chi connectivity index (χ0v) is 13.3. The van der Waals surface area contributed by atoms with E-state index in [0.717, 1.165) is 0 Å². The minimum Gasteiger partial charge on any atom is -0.463 e. The predicted octanol–water partition coefficient (Wildman–Crippen LogP) is -0.0450. The summed E-state index contributed by atoms with van der Waals surface area (Å²) < 4.78 is 26.5. The van der Waals surface area contributed by atoms with Gasteiger partial charge >= 0.3 is 17.9 Å². The summed E-state index contributed by atoms with van der Waals surface area (Å²) >= 11 is 0. The normalized spacial score (nSPS) is 32.2. The van der Waals surface area contributed by atoms with Crippen LogP contribution in [0.2, 0.25) is 0 Å². The monoisotopic (exact) mass is 329 g/mol. The summed E-state index contributed by atoms with van der Waals surface area (Å²) in [5.41, 5.74) is 0. The molecule has 0 spiro atoms. The molecule has 2 heterocycles. The maximum Gasteiger partial charge on any atom is 0.303 e. The van der Waals surface area contributed by atoms with Gasteiger partial charge in [-0.25, -0.2) is 4.99 Å². The van der Waals surface area contributed by atoms with Crippen LogP contribution < -0.4 is 0 Å². The molecule has 0 N–H and O–H groups in total. The molecule has 2 aliphatic heterocycles. The van der Waals surface area contributed by atoms with E-state index in [0.29, 0.717) is 5.90 Å². The summed E-state index contributed by atoms with van der Waals surface area (Å²) in [4.78, 5) is 38.1. The van der Waals surface area contributed by atoms with Crippen molar-refractivity contribution in [1.29, 1.82) is 0 Å². The van der Waals surface area contributed by atoms with Crippen molar-refractivity contribution in [3.63, 3.8) is 0 Å². The van der Waals surface area contributed by atoms with E-state index >= 15 is 0 Å². The molecule has 0 amide bonds. The maximum absolute atomic E-state index is 11.4. The molecule has 9 nitrogen and oxygen atoms in total. The van der Waals surface area contributed by atoms with Crippen molar-refractivity contribution in [3.8, 4) is 0 Å². The summed E-state index contributed by atoms with van der Waals surface area (Å²) in [5.74, 6) is -1.28. The highest BCUT2D eigenvalue weighted by Gasteiger charge is 2.53. The van der Waals surface area contributed by atoms with E-state index in [2.05, 4.69) is 4.99 Å². The fourth-order valence-corrected chi connectivity index (χ4v) is 2.53. The van der Waals surface area contributed by atoms with Crippen LogP contribution >= 0.6 is 0 Å². The standard InChI is InChI=1S/C14H19NO8/c1-6-15-11-13(22-9(4)18)12(21-8(3)17)10(5-19-7(2)16)23-14(11)20-6/h10-14H,5H2,1-4H3/t10-,11?,12+,13?,14?/m1/s1. The van der Waals surface area contributed by atoms with Gasteiger partial charge in [0.25, 0.3) is 0 Å². The van der Waals surface area contributed by atoms with Gasteiger partial charge in [0, 0.05) is 27.7 Å². The zero-order chi connectivity index (χ0) is 17.1. The van der Waals surface area contributed by atoms with Crippen LogP contribution in [0.1, 0.15) is 27.7 Å². The summed E-state index contributed by atoms with van der Waals surface area (Å²) in [6.07, 6.45) is -3.50. The van der Waals surface area contributed by atoms with Crippen LogP contribution in [-0.4, -0.2) is 61.1 Å². The second kappa shape index (κ2) is 6.95. The van der Waals surface area contributed by atoms with Gasteiger partial charge in [-0.15, -0.1) is 0 Å². The average molecular weight is 329 g/mol. The van der Waals surface area contributed by atoms with Crippen LogP contribution in [0.3, 0.4) is 0 Å². The number of nitrogens with zero attached hydrogens (tertiary/aromatic N) is 1. The number of carbonyl (C=O) groups excluding carboxylic acids is 3. The van der Waals surface area contributed by atoms with Gasteiger partial charge in [-0.3, -0.25) is 14.4 Å². The average Bonchev–Trinajstić information content (AvgIpc) is 2.78. The lowest BCUT2D eigenvalue weighted by Gasteiger charge is -2.40. The molecule has 1 fully saturated rings. The first-order valence-corrected chi connectivity index (χ1v) is 7.12. The van der Waals surface area contributed by atoms with Gasteiger partial charge in [0.1, 0.15) is 12.7 Å². The molecule has 2 rings (SSSR count). The van der Waals surface area contributed by atoms with Gasteiger partial charge in [-0.05, 0) is 0 Å². The molecule has 0 aromatic rings. The molecule has 0 aromatic carbocycles. The predicted molar refractivity (Wildman–Crippen MR) is 74.4 cm³/mol. The highest BCUT2D eigenvalue weighted by atomic mass is 16.7. The van der Waals surface area contributed by atoms with Gasteiger partial charge in [0.05, 0.1) is 0 Å². The molecule has 9 heteroatoms. The number of carbonyl (C=O) groups is 3. The third kappa shape index (κ3) is 4.19. The van der Waals surface area contributed by atoms with Crippen molar-refractivity contribution in [2.75, 3.05) is 6.61 Å². The highest BCUT2D eigenvalue weighted by molar-refractivity contribution is 5.75. The molecule has 0 radical (unpaired) electrons. The Morgan fingerprint density at radius 1 is 1.04 bits per heavy atom. The van der Waals surface area contributed by atoms with Crippen molar-refractivity contribution < 1.29 is 38.1 Å². The number of hydrogen-bond donors (Lipinski definition) is 0. The molecular weight excluding hydrogens is 310 g/mol. The van der Waals surface area contributed by atoms with E-state index in [1.165, 1.54) is 20.8 Å². The molecule has 0 aromatic heterocycles.